The molecule has 0 radical (unpaired) electrons. The Balaban J connectivity index is 2.14. The summed E-state index contributed by atoms with van der Waals surface area (Å²) in [5, 5.41) is 0. The summed E-state index contributed by atoms with van der Waals surface area (Å²) in [5.74, 6) is 0. The molecule has 0 aromatic heterocycles. The molecule has 0 bridgehead atoms. The number of hydrogen-bond donors (Lipinski definition) is 1. The quantitative estimate of drug-likeness (QED) is 0.845. The van der Waals surface area contributed by atoms with Crippen molar-refractivity contribution in [2.75, 3.05) is 0 Å². The predicted molar refractivity (Wildman–Crippen MR) is 74.3 cm³/mol. The molecule has 3 nitrogen and oxygen atoms in total. The van der Waals surface area contributed by atoms with E-state index in [-0.39, 0.29) is 0 Å². The summed E-state index contributed by atoms with van der Waals surface area (Å²) in [6.07, 6.45) is 10.5. The van der Waals surface area contributed by atoms with Gasteiger partial charge in [0.25, 0.3) is 0 Å². The van der Waals surface area contributed by atoms with Crippen LogP contribution in [0, 0.1) is 0 Å². The molecule has 1 aliphatic carbocycles. The molecule has 2 N–H and O–H groups in total. The highest BCUT2D eigenvalue weighted by Crippen LogP contribution is 2.12. The van der Waals surface area contributed by atoms with Gasteiger partial charge in [-0.2, -0.15) is 4.99 Å². The van der Waals surface area contributed by atoms with Gasteiger partial charge in [-0.05, 0) is 17.2 Å². The van der Waals surface area contributed by atoms with Gasteiger partial charge < -0.3 is 5.73 Å². The van der Waals surface area contributed by atoms with Crippen LogP contribution in [0.5, 0.6) is 0 Å². The lowest BCUT2D eigenvalue weighted by atomic mass is 10.0. The molecule has 1 aliphatic rings. The molecule has 3 heteroatoms. The van der Waals surface area contributed by atoms with Crippen molar-refractivity contribution in [3.63, 3.8) is 0 Å². The fourth-order valence-electron chi connectivity index (χ4n) is 1.69. The first-order chi connectivity index (χ1) is 8.74. The number of benzene rings is 1. The number of primary amides is 1. The Morgan fingerprint density at radius 3 is 2.72 bits per heavy atom. The minimum Gasteiger partial charge on any atom is -0.350 e. The third kappa shape index (κ3) is 3.56. The summed E-state index contributed by atoms with van der Waals surface area (Å²) in [6, 6.07) is 9.37. The number of rotatable bonds is 2. The first kappa shape index (κ1) is 12.0. The summed E-state index contributed by atoms with van der Waals surface area (Å²) in [4.78, 5) is 14.5. The Labute approximate surface area is 106 Å². The Morgan fingerprint density at radius 2 is 2.00 bits per heavy atom. The Kier molecular flexibility index (Phi) is 3.86. The van der Waals surface area contributed by atoms with E-state index >= 15 is 0 Å². The minimum absolute atomic E-state index is 0.644. The highest BCUT2D eigenvalue weighted by atomic mass is 16.2. The number of carbonyl (C=O) groups is 1. The third-order valence-corrected chi connectivity index (χ3v) is 2.49. The molecule has 0 heterocycles. The fourth-order valence-corrected chi connectivity index (χ4v) is 1.69. The van der Waals surface area contributed by atoms with Gasteiger partial charge in [0.05, 0.1) is 5.71 Å². The average Bonchev–Trinajstić information content (AvgIpc) is 2.37. The number of nitrogens with zero attached hydrogens (tertiary/aromatic N) is 1. The van der Waals surface area contributed by atoms with E-state index in [9.17, 15) is 4.79 Å². The molecule has 0 saturated heterocycles. The molecule has 0 fully saturated rings. The largest absolute Gasteiger partial charge is 0.350 e. The summed E-state index contributed by atoms with van der Waals surface area (Å²) in [7, 11) is 0. The Bertz CT molecular complexity index is 551. The SMILES string of the molecule is NC(=O)N=C1C=C(C=Cc2ccccc2)C=CC1. The number of allylic oxidation sites excluding steroid dienone is 5. The van der Waals surface area contributed by atoms with Gasteiger partial charge in [0.2, 0.25) is 0 Å². The van der Waals surface area contributed by atoms with E-state index in [4.69, 9.17) is 5.73 Å². The lowest BCUT2D eigenvalue weighted by Crippen LogP contribution is -2.09. The van der Waals surface area contributed by atoms with Gasteiger partial charge in [-0.15, -0.1) is 0 Å². The van der Waals surface area contributed by atoms with Gasteiger partial charge in [0, 0.05) is 6.42 Å². The van der Waals surface area contributed by atoms with E-state index in [0.717, 1.165) is 11.1 Å². The van der Waals surface area contributed by atoms with Crippen LogP contribution in [-0.4, -0.2) is 11.7 Å². The molecule has 90 valence electrons. The number of aliphatic imine (C=N–C) groups is 1. The van der Waals surface area contributed by atoms with Crippen molar-refractivity contribution in [2.24, 2.45) is 10.7 Å². The maximum atomic E-state index is 10.7. The number of nitrogens with two attached hydrogens (primary N) is 1. The highest BCUT2D eigenvalue weighted by Gasteiger charge is 2.02. The molecule has 1 aromatic rings. The second-order valence-corrected chi connectivity index (χ2v) is 3.94. The summed E-state index contributed by atoms with van der Waals surface area (Å²) < 4.78 is 0. The van der Waals surface area contributed by atoms with Crippen molar-refractivity contribution < 1.29 is 4.79 Å². The predicted octanol–water partition coefficient (Wildman–Crippen LogP) is 3.11. The van der Waals surface area contributed by atoms with E-state index in [1.807, 2.05) is 60.7 Å². The van der Waals surface area contributed by atoms with Crippen LogP contribution in [0.3, 0.4) is 0 Å². The fraction of sp³-hybridized carbons (Fsp3) is 0.0667. The zero-order valence-electron chi connectivity index (χ0n) is 9.91. The molecular weight excluding hydrogens is 224 g/mol. The van der Waals surface area contributed by atoms with Crippen LogP contribution in [-0.2, 0) is 0 Å². The number of amides is 2. The van der Waals surface area contributed by atoms with E-state index in [0.29, 0.717) is 12.1 Å². The second-order valence-electron chi connectivity index (χ2n) is 3.94. The van der Waals surface area contributed by atoms with Gasteiger partial charge in [0.1, 0.15) is 0 Å². The molecule has 0 atom stereocenters. The normalized spacial score (nSPS) is 17.1. The van der Waals surface area contributed by atoms with Crippen LogP contribution < -0.4 is 5.73 Å². The number of hydrogen-bond acceptors (Lipinski definition) is 1. The maximum absolute atomic E-state index is 10.7. The van der Waals surface area contributed by atoms with Gasteiger partial charge in [-0.1, -0.05) is 54.6 Å². The minimum atomic E-state index is -0.650. The number of carbonyl (C=O) groups excluding carboxylic acids is 1. The molecule has 0 unspecified atom stereocenters. The monoisotopic (exact) mass is 238 g/mol. The van der Waals surface area contributed by atoms with Crippen molar-refractivity contribution in [1.82, 2.24) is 0 Å². The van der Waals surface area contributed by atoms with Crippen molar-refractivity contribution in [3.05, 3.63) is 65.8 Å². The van der Waals surface area contributed by atoms with Crippen LogP contribution in [0.4, 0.5) is 4.79 Å². The third-order valence-electron chi connectivity index (χ3n) is 2.49. The molecule has 1 aromatic carbocycles. The van der Waals surface area contributed by atoms with Crippen LogP contribution in [0.15, 0.2) is 65.2 Å². The number of urea groups is 1. The molecule has 18 heavy (non-hydrogen) atoms. The van der Waals surface area contributed by atoms with Crippen molar-refractivity contribution >= 4 is 17.8 Å². The van der Waals surface area contributed by atoms with Crippen LogP contribution in [0.25, 0.3) is 6.08 Å². The molecule has 0 aliphatic heterocycles. The summed E-state index contributed by atoms with van der Waals surface area (Å²) >= 11 is 0. The van der Waals surface area contributed by atoms with Crippen LogP contribution in [0.2, 0.25) is 0 Å². The van der Waals surface area contributed by atoms with Crippen LogP contribution in [0.1, 0.15) is 12.0 Å². The highest BCUT2D eigenvalue weighted by molar-refractivity contribution is 6.04. The zero-order valence-corrected chi connectivity index (χ0v) is 9.91. The van der Waals surface area contributed by atoms with Crippen molar-refractivity contribution in [3.8, 4) is 0 Å². The van der Waals surface area contributed by atoms with Gasteiger partial charge >= 0.3 is 6.03 Å². The van der Waals surface area contributed by atoms with E-state index in [2.05, 4.69) is 4.99 Å². The van der Waals surface area contributed by atoms with E-state index in [1.54, 1.807) is 0 Å². The van der Waals surface area contributed by atoms with Crippen LogP contribution >= 0.6 is 0 Å². The lowest BCUT2D eigenvalue weighted by molar-refractivity contribution is 0.256. The summed E-state index contributed by atoms with van der Waals surface area (Å²) in [5.41, 5.74) is 7.86. The Hall–Kier alpha value is -2.42. The molecule has 2 amide bonds. The molecule has 0 spiro atoms. The summed E-state index contributed by atoms with van der Waals surface area (Å²) in [6.45, 7) is 0. The van der Waals surface area contributed by atoms with Crippen molar-refractivity contribution in [2.45, 2.75) is 6.42 Å². The smallest absolute Gasteiger partial charge is 0.338 e. The first-order valence-electron chi connectivity index (χ1n) is 5.72. The van der Waals surface area contributed by atoms with E-state index in [1.165, 1.54) is 0 Å². The molecule has 0 saturated carbocycles. The maximum Gasteiger partial charge on any atom is 0.338 e. The molecule has 2 rings (SSSR count). The zero-order chi connectivity index (χ0) is 12.8. The standard InChI is InChI=1S/C15H14N2O/c16-15(18)17-14-8-4-7-13(11-14)10-9-12-5-2-1-3-6-12/h1-7,9-11H,8H2,(H2,16,18). The van der Waals surface area contributed by atoms with Gasteiger partial charge in [-0.3, -0.25) is 0 Å². The van der Waals surface area contributed by atoms with Crippen molar-refractivity contribution in [1.29, 1.82) is 0 Å². The van der Waals surface area contributed by atoms with Gasteiger partial charge in [0.15, 0.2) is 0 Å². The molecular formula is C15H14N2O. The first-order valence-corrected chi connectivity index (χ1v) is 5.72. The van der Waals surface area contributed by atoms with E-state index < -0.39 is 6.03 Å². The Morgan fingerprint density at radius 1 is 1.22 bits per heavy atom. The lowest BCUT2D eigenvalue weighted by Gasteiger charge is -2.04. The average molecular weight is 238 g/mol. The van der Waals surface area contributed by atoms with Gasteiger partial charge in [-0.25, -0.2) is 4.79 Å². The second kappa shape index (κ2) is 5.77. The topological polar surface area (TPSA) is 55.5 Å².